The molecule has 0 N–H and O–H groups in total. The van der Waals surface area contributed by atoms with E-state index in [4.69, 9.17) is 9.72 Å². The topological polar surface area (TPSA) is 57.0 Å². The molecule has 0 spiro atoms. The molecule has 2 aromatic heterocycles. The maximum atomic E-state index is 12.8. The second-order valence-electron chi connectivity index (χ2n) is 7.50. The van der Waals surface area contributed by atoms with Crippen LogP contribution in [0.2, 0.25) is 0 Å². The summed E-state index contributed by atoms with van der Waals surface area (Å²) >= 11 is 0. The van der Waals surface area contributed by atoms with Gasteiger partial charge in [0.2, 0.25) is 0 Å². The van der Waals surface area contributed by atoms with Crippen LogP contribution < -0.4 is 4.74 Å². The van der Waals surface area contributed by atoms with Crippen molar-refractivity contribution in [1.82, 2.24) is 14.5 Å². The number of carbonyl (C=O) groups excluding carboxylic acids is 1. The Bertz CT molecular complexity index is 1190. The zero-order valence-electron chi connectivity index (χ0n) is 16.6. The van der Waals surface area contributed by atoms with Crippen molar-refractivity contribution in [2.45, 2.75) is 34.2 Å². The molecule has 0 aliphatic rings. The lowest BCUT2D eigenvalue weighted by molar-refractivity contribution is 0.0729. The van der Waals surface area contributed by atoms with Crippen LogP contribution in [0.1, 0.15) is 35.6 Å². The van der Waals surface area contributed by atoms with Crippen LogP contribution in [0.4, 0.5) is 0 Å². The standard InChI is InChI=1S/C23H23N3O2/c1-14(2)13-26-16(4)24-20-21(26)18-11-7-8-12-19(18)25-22(20)28-23(27)17-10-6-5-9-15(17)3/h5-12,14H,13H2,1-4H3. The van der Waals surface area contributed by atoms with Gasteiger partial charge in [-0.25, -0.2) is 14.8 Å². The summed E-state index contributed by atoms with van der Waals surface area (Å²) in [5.41, 5.74) is 3.77. The number of hydrogen-bond acceptors (Lipinski definition) is 4. The van der Waals surface area contributed by atoms with Crippen molar-refractivity contribution in [3.05, 3.63) is 65.5 Å². The Morgan fingerprint density at radius 2 is 1.75 bits per heavy atom. The van der Waals surface area contributed by atoms with Gasteiger partial charge >= 0.3 is 5.97 Å². The average molecular weight is 373 g/mol. The van der Waals surface area contributed by atoms with Gasteiger partial charge in [0.1, 0.15) is 5.82 Å². The number of rotatable bonds is 4. The van der Waals surface area contributed by atoms with E-state index in [-0.39, 0.29) is 5.88 Å². The van der Waals surface area contributed by atoms with Gasteiger partial charge in [0.25, 0.3) is 5.88 Å². The highest BCUT2D eigenvalue weighted by molar-refractivity contribution is 6.05. The maximum absolute atomic E-state index is 12.8. The van der Waals surface area contributed by atoms with Gasteiger partial charge in [-0.2, -0.15) is 0 Å². The molecule has 2 heterocycles. The minimum absolute atomic E-state index is 0.257. The highest BCUT2D eigenvalue weighted by Gasteiger charge is 2.21. The van der Waals surface area contributed by atoms with Crippen LogP contribution in [0.3, 0.4) is 0 Å². The Balaban J connectivity index is 1.91. The van der Waals surface area contributed by atoms with Gasteiger partial charge in [-0.3, -0.25) is 0 Å². The Morgan fingerprint density at radius 3 is 2.50 bits per heavy atom. The fourth-order valence-electron chi connectivity index (χ4n) is 3.52. The van der Waals surface area contributed by atoms with Crippen LogP contribution >= 0.6 is 0 Å². The highest BCUT2D eigenvalue weighted by Crippen LogP contribution is 2.32. The van der Waals surface area contributed by atoms with Crippen LogP contribution in [0.15, 0.2) is 48.5 Å². The molecule has 28 heavy (non-hydrogen) atoms. The molecular formula is C23H23N3O2. The van der Waals surface area contributed by atoms with Crippen molar-refractivity contribution < 1.29 is 9.53 Å². The first-order chi connectivity index (χ1) is 13.5. The number of imidazole rings is 1. The lowest BCUT2D eigenvalue weighted by Gasteiger charge is -2.12. The number of ether oxygens (including phenoxy) is 1. The molecule has 0 aliphatic heterocycles. The van der Waals surface area contributed by atoms with Crippen LogP contribution in [0, 0.1) is 19.8 Å². The second-order valence-corrected chi connectivity index (χ2v) is 7.50. The molecule has 0 radical (unpaired) electrons. The average Bonchev–Trinajstić information content (AvgIpc) is 2.98. The normalized spacial score (nSPS) is 11.5. The van der Waals surface area contributed by atoms with Crippen molar-refractivity contribution in [3.63, 3.8) is 0 Å². The quantitative estimate of drug-likeness (QED) is 0.468. The minimum atomic E-state index is -0.418. The summed E-state index contributed by atoms with van der Waals surface area (Å²) < 4.78 is 7.94. The zero-order valence-corrected chi connectivity index (χ0v) is 16.6. The number of hydrogen-bond donors (Lipinski definition) is 0. The molecule has 0 fully saturated rings. The van der Waals surface area contributed by atoms with Gasteiger partial charge in [0.05, 0.1) is 16.6 Å². The van der Waals surface area contributed by atoms with Crippen LogP contribution in [0.5, 0.6) is 5.88 Å². The molecular weight excluding hydrogens is 350 g/mol. The lowest BCUT2D eigenvalue weighted by atomic mass is 10.1. The van der Waals surface area contributed by atoms with Crippen LogP contribution in [0.25, 0.3) is 21.9 Å². The van der Waals surface area contributed by atoms with E-state index < -0.39 is 5.97 Å². The summed E-state index contributed by atoms with van der Waals surface area (Å²) in [6.45, 7) is 9.05. The summed E-state index contributed by atoms with van der Waals surface area (Å²) in [6, 6.07) is 15.3. The minimum Gasteiger partial charge on any atom is -0.401 e. The third-order valence-corrected chi connectivity index (χ3v) is 4.84. The Labute approximate surface area is 164 Å². The molecule has 0 unspecified atom stereocenters. The molecule has 4 aromatic rings. The third-order valence-electron chi connectivity index (χ3n) is 4.84. The first-order valence-electron chi connectivity index (χ1n) is 9.49. The van der Waals surface area contributed by atoms with E-state index in [0.29, 0.717) is 17.0 Å². The van der Waals surface area contributed by atoms with E-state index in [0.717, 1.165) is 34.4 Å². The number of fused-ring (bicyclic) bond motifs is 3. The van der Waals surface area contributed by atoms with Gasteiger partial charge in [0.15, 0.2) is 5.52 Å². The summed E-state index contributed by atoms with van der Waals surface area (Å²) in [5.74, 6) is 1.18. The molecule has 4 rings (SSSR count). The number of nitrogens with zero attached hydrogens (tertiary/aromatic N) is 3. The first-order valence-corrected chi connectivity index (χ1v) is 9.49. The van der Waals surface area contributed by atoms with Gasteiger partial charge in [-0.05, 0) is 37.5 Å². The second kappa shape index (κ2) is 7.08. The summed E-state index contributed by atoms with van der Waals surface area (Å²) in [5, 5.41) is 1.01. The molecule has 142 valence electrons. The number of pyridine rings is 1. The number of aryl methyl sites for hydroxylation is 2. The molecule has 0 atom stereocenters. The molecule has 5 heteroatoms. The molecule has 2 aromatic carbocycles. The first kappa shape index (κ1) is 18.2. The van der Waals surface area contributed by atoms with Crippen LogP contribution in [-0.4, -0.2) is 20.5 Å². The fraction of sp³-hybridized carbons (Fsp3) is 0.261. The molecule has 5 nitrogen and oxygen atoms in total. The lowest BCUT2D eigenvalue weighted by Crippen LogP contribution is -2.11. The van der Waals surface area contributed by atoms with Crippen LogP contribution in [-0.2, 0) is 6.54 Å². The predicted octanol–water partition coefficient (Wildman–Crippen LogP) is 5.08. The smallest absolute Gasteiger partial charge is 0.345 e. The monoisotopic (exact) mass is 373 g/mol. The highest BCUT2D eigenvalue weighted by atomic mass is 16.5. The van der Waals surface area contributed by atoms with E-state index in [1.165, 1.54) is 0 Å². The summed E-state index contributed by atoms with van der Waals surface area (Å²) in [6.07, 6.45) is 0. The predicted molar refractivity (Wildman–Crippen MR) is 111 cm³/mol. The van der Waals surface area contributed by atoms with Crippen molar-refractivity contribution in [1.29, 1.82) is 0 Å². The largest absolute Gasteiger partial charge is 0.401 e. The van der Waals surface area contributed by atoms with Crippen molar-refractivity contribution in [3.8, 4) is 5.88 Å². The molecule has 0 aliphatic carbocycles. The van der Waals surface area contributed by atoms with E-state index in [9.17, 15) is 4.79 Å². The number of para-hydroxylation sites is 1. The van der Waals surface area contributed by atoms with Gasteiger partial charge < -0.3 is 9.30 Å². The maximum Gasteiger partial charge on any atom is 0.345 e. The number of benzene rings is 2. The Hall–Kier alpha value is -3.21. The fourth-order valence-corrected chi connectivity index (χ4v) is 3.52. The SMILES string of the molecule is Cc1ccccc1C(=O)Oc1nc2ccccc2c2c1nc(C)n2CC(C)C. The van der Waals surface area contributed by atoms with Gasteiger partial charge in [-0.15, -0.1) is 0 Å². The molecule has 0 amide bonds. The van der Waals surface area contributed by atoms with Gasteiger partial charge in [-0.1, -0.05) is 50.2 Å². The van der Waals surface area contributed by atoms with E-state index in [2.05, 4.69) is 23.4 Å². The van der Waals surface area contributed by atoms with Crippen molar-refractivity contribution >= 4 is 27.9 Å². The van der Waals surface area contributed by atoms with Crippen molar-refractivity contribution in [2.75, 3.05) is 0 Å². The summed E-state index contributed by atoms with van der Waals surface area (Å²) in [4.78, 5) is 22.1. The third kappa shape index (κ3) is 3.13. The van der Waals surface area contributed by atoms with E-state index in [1.54, 1.807) is 6.07 Å². The van der Waals surface area contributed by atoms with E-state index >= 15 is 0 Å². The van der Waals surface area contributed by atoms with E-state index in [1.807, 2.05) is 56.3 Å². The van der Waals surface area contributed by atoms with Crippen molar-refractivity contribution in [2.24, 2.45) is 5.92 Å². The number of aromatic nitrogens is 3. The summed E-state index contributed by atoms with van der Waals surface area (Å²) in [7, 11) is 0. The zero-order chi connectivity index (χ0) is 19.8. The molecule has 0 bridgehead atoms. The Kier molecular flexibility index (Phi) is 4.59. The molecule has 0 saturated carbocycles. The Morgan fingerprint density at radius 1 is 1.04 bits per heavy atom. The number of carbonyl (C=O) groups is 1. The van der Waals surface area contributed by atoms with Gasteiger partial charge in [0, 0.05) is 11.9 Å². The number of esters is 1. The molecule has 0 saturated heterocycles.